The van der Waals surface area contributed by atoms with E-state index < -0.39 is 0 Å². The predicted molar refractivity (Wildman–Crippen MR) is 99.4 cm³/mol. The van der Waals surface area contributed by atoms with Gasteiger partial charge in [0.15, 0.2) is 5.16 Å². The summed E-state index contributed by atoms with van der Waals surface area (Å²) in [5.74, 6) is 1.40. The van der Waals surface area contributed by atoms with Crippen LogP contribution in [0.25, 0.3) is 16.6 Å². The topological polar surface area (TPSA) is 44.1 Å². The van der Waals surface area contributed by atoms with Crippen LogP contribution >= 0.6 is 11.8 Å². The molecule has 0 N–H and O–H groups in total. The van der Waals surface area contributed by atoms with Crippen molar-refractivity contribution in [2.75, 3.05) is 12.9 Å². The highest BCUT2D eigenvalue weighted by Crippen LogP contribution is 2.24. The SMILES string of the molecule is C=C(C)CSc1nc2ccccc2c(=O)n1-c1cccc(OC)c1. The highest BCUT2D eigenvalue weighted by atomic mass is 32.2. The van der Waals surface area contributed by atoms with Crippen LogP contribution in [-0.2, 0) is 0 Å². The number of rotatable bonds is 5. The molecule has 24 heavy (non-hydrogen) atoms. The van der Waals surface area contributed by atoms with Crippen LogP contribution in [0.4, 0.5) is 0 Å². The molecule has 0 fully saturated rings. The van der Waals surface area contributed by atoms with E-state index >= 15 is 0 Å². The third-order valence-corrected chi connectivity index (χ3v) is 4.67. The van der Waals surface area contributed by atoms with Crippen molar-refractivity contribution in [3.63, 3.8) is 0 Å². The van der Waals surface area contributed by atoms with Gasteiger partial charge in [0.25, 0.3) is 5.56 Å². The summed E-state index contributed by atoms with van der Waals surface area (Å²) in [5.41, 5.74) is 2.38. The largest absolute Gasteiger partial charge is 0.497 e. The average molecular weight is 338 g/mol. The summed E-state index contributed by atoms with van der Waals surface area (Å²) in [6.45, 7) is 5.89. The van der Waals surface area contributed by atoms with Crippen LogP contribution in [-0.4, -0.2) is 22.4 Å². The summed E-state index contributed by atoms with van der Waals surface area (Å²) < 4.78 is 6.92. The Bertz CT molecular complexity index is 963. The summed E-state index contributed by atoms with van der Waals surface area (Å²) in [6, 6.07) is 14.8. The number of nitrogens with zero attached hydrogens (tertiary/aromatic N) is 2. The lowest BCUT2D eigenvalue weighted by atomic mass is 10.2. The molecule has 1 aromatic heterocycles. The molecule has 1 heterocycles. The van der Waals surface area contributed by atoms with E-state index in [9.17, 15) is 4.79 Å². The van der Waals surface area contributed by atoms with Crippen molar-refractivity contribution >= 4 is 22.7 Å². The maximum Gasteiger partial charge on any atom is 0.266 e. The van der Waals surface area contributed by atoms with Crippen molar-refractivity contribution in [3.05, 3.63) is 71.0 Å². The van der Waals surface area contributed by atoms with E-state index in [4.69, 9.17) is 4.74 Å². The molecule has 4 nitrogen and oxygen atoms in total. The van der Waals surface area contributed by atoms with Gasteiger partial charge in [0.1, 0.15) is 5.75 Å². The molecule has 2 aromatic carbocycles. The van der Waals surface area contributed by atoms with Gasteiger partial charge >= 0.3 is 0 Å². The number of fused-ring (bicyclic) bond motifs is 1. The predicted octanol–water partition coefficient (Wildman–Crippen LogP) is 4.06. The maximum atomic E-state index is 13.0. The van der Waals surface area contributed by atoms with Gasteiger partial charge in [0, 0.05) is 11.8 Å². The molecule has 0 saturated heterocycles. The first-order valence-electron chi connectivity index (χ1n) is 7.53. The summed E-state index contributed by atoms with van der Waals surface area (Å²) in [6.07, 6.45) is 0. The molecule has 0 aliphatic rings. The van der Waals surface area contributed by atoms with Gasteiger partial charge in [-0.3, -0.25) is 9.36 Å². The van der Waals surface area contributed by atoms with Gasteiger partial charge in [0.05, 0.1) is 23.7 Å². The minimum absolute atomic E-state index is 0.0851. The van der Waals surface area contributed by atoms with Gasteiger partial charge in [-0.1, -0.05) is 42.1 Å². The van der Waals surface area contributed by atoms with E-state index in [2.05, 4.69) is 11.6 Å². The number of hydrogen-bond donors (Lipinski definition) is 0. The van der Waals surface area contributed by atoms with Gasteiger partial charge < -0.3 is 4.74 Å². The minimum Gasteiger partial charge on any atom is -0.497 e. The molecular formula is C19H18N2O2S. The molecule has 0 unspecified atom stereocenters. The Kier molecular flexibility index (Phi) is 4.71. The molecule has 3 aromatic rings. The van der Waals surface area contributed by atoms with Crippen LogP contribution in [0.3, 0.4) is 0 Å². The summed E-state index contributed by atoms with van der Waals surface area (Å²) in [7, 11) is 1.61. The molecule has 0 saturated carbocycles. The van der Waals surface area contributed by atoms with Crippen molar-refractivity contribution in [3.8, 4) is 11.4 Å². The van der Waals surface area contributed by atoms with Crippen molar-refractivity contribution < 1.29 is 4.74 Å². The highest BCUT2D eigenvalue weighted by molar-refractivity contribution is 7.99. The number of aromatic nitrogens is 2. The van der Waals surface area contributed by atoms with Crippen LogP contribution in [0.15, 0.2) is 70.6 Å². The number of benzene rings is 2. The molecule has 0 atom stereocenters. The van der Waals surface area contributed by atoms with Crippen LogP contribution in [0.5, 0.6) is 5.75 Å². The fourth-order valence-electron chi connectivity index (χ4n) is 2.37. The molecule has 122 valence electrons. The van der Waals surface area contributed by atoms with Crippen molar-refractivity contribution in [2.45, 2.75) is 12.1 Å². The fraction of sp³-hybridized carbons (Fsp3) is 0.158. The lowest BCUT2D eigenvalue weighted by molar-refractivity contribution is 0.414. The zero-order valence-corrected chi connectivity index (χ0v) is 14.5. The van der Waals surface area contributed by atoms with Crippen LogP contribution in [0.1, 0.15) is 6.92 Å². The normalized spacial score (nSPS) is 10.8. The smallest absolute Gasteiger partial charge is 0.266 e. The Morgan fingerprint density at radius 3 is 2.79 bits per heavy atom. The molecule has 5 heteroatoms. The lowest BCUT2D eigenvalue weighted by Gasteiger charge is -2.14. The average Bonchev–Trinajstić information content (AvgIpc) is 2.60. The van der Waals surface area contributed by atoms with Crippen molar-refractivity contribution in [2.24, 2.45) is 0 Å². The van der Waals surface area contributed by atoms with Gasteiger partial charge in [-0.25, -0.2) is 4.98 Å². The van der Waals surface area contributed by atoms with Gasteiger partial charge in [0.2, 0.25) is 0 Å². The van der Waals surface area contributed by atoms with E-state index in [1.54, 1.807) is 17.7 Å². The summed E-state index contributed by atoms with van der Waals surface area (Å²) in [5, 5.41) is 1.25. The van der Waals surface area contributed by atoms with Gasteiger partial charge in [-0.15, -0.1) is 0 Å². The Hall–Kier alpha value is -2.53. The summed E-state index contributed by atoms with van der Waals surface area (Å²) in [4.78, 5) is 17.7. The molecule has 0 radical (unpaired) electrons. The first-order valence-corrected chi connectivity index (χ1v) is 8.52. The molecule has 0 spiro atoms. The number of para-hydroxylation sites is 1. The zero-order valence-electron chi connectivity index (χ0n) is 13.7. The van der Waals surface area contributed by atoms with Crippen LogP contribution < -0.4 is 10.3 Å². The van der Waals surface area contributed by atoms with Crippen molar-refractivity contribution in [1.82, 2.24) is 9.55 Å². The van der Waals surface area contributed by atoms with Crippen molar-refractivity contribution in [1.29, 1.82) is 0 Å². The van der Waals surface area contributed by atoms with E-state index in [0.29, 0.717) is 27.6 Å². The Morgan fingerprint density at radius 2 is 2.04 bits per heavy atom. The zero-order chi connectivity index (χ0) is 17.1. The fourth-order valence-corrected chi connectivity index (χ4v) is 3.23. The van der Waals surface area contributed by atoms with Gasteiger partial charge in [-0.05, 0) is 31.2 Å². The Balaban J connectivity index is 2.26. The standard InChI is InChI=1S/C19H18N2O2S/c1-13(2)12-24-19-20-17-10-5-4-9-16(17)18(22)21(19)14-7-6-8-15(11-14)23-3/h4-11H,1,12H2,2-3H3. The quantitative estimate of drug-likeness (QED) is 0.400. The maximum absolute atomic E-state index is 13.0. The minimum atomic E-state index is -0.0851. The number of methoxy groups -OCH3 is 1. The van der Waals surface area contributed by atoms with E-state index in [-0.39, 0.29) is 5.56 Å². The second-order valence-electron chi connectivity index (χ2n) is 5.50. The first kappa shape index (κ1) is 16.3. The number of hydrogen-bond acceptors (Lipinski definition) is 4. The molecule has 0 aliphatic heterocycles. The number of thioether (sulfide) groups is 1. The first-order chi connectivity index (χ1) is 11.6. The highest BCUT2D eigenvalue weighted by Gasteiger charge is 2.13. The second-order valence-corrected chi connectivity index (χ2v) is 6.44. The Morgan fingerprint density at radius 1 is 1.25 bits per heavy atom. The summed E-state index contributed by atoms with van der Waals surface area (Å²) >= 11 is 1.50. The molecule has 0 aliphatic carbocycles. The molecule has 0 amide bonds. The Labute approximate surface area is 144 Å². The molecule has 0 bridgehead atoms. The third kappa shape index (κ3) is 3.21. The molecular weight excluding hydrogens is 320 g/mol. The number of ether oxygens (including phenoxy) is 1. The monoisotopic (exact) mass is 338 g/mol. The lowest BCUT2D eigenvalue weighted by Crippen LogP contribution is -2.21. The third-order valence-electron chi connectivity index (χ3n) is 3.50. The van der Waals surface area contributed by atoms with Gasteiger partial charge in [-0.2, -0.15) is 0 Å². The van der Waals surface area contributed by atoms with E-state index in [1.807, 2.05) is 49.4 Å². The van der Waals surface area contributed by atoms with E-state index in [0.717, 1.165) is 11.3 Å². The van der Waals surface area contributed by atoms with E-state index in [1.165, 1.54) is 11.8 Å². The second kappa shape index (κ2) is 6.93. The van der Waals surface area contributed by atoms with Crippen LogP contribution in [0, 0.1) is 0 Å². The van der Waals surface area contributed by atoms with Crippen LogP contribution in [0.2, 0.25) is 0 Å². The molecule has 3 rings (SSSR count).